The van der Waals surface area contributed by atoms with E-state index in [2.05, 4.69) is 11.3 Å². The molecule has 1 fully saturated rings. The molecule has 0 unspecified atom stereocenters. The topological polar surface area (TPSA) is 86.7 Å². The minimum atomic E-state index is -3.98. The number of carbonyl (C=O) groups is 2. The molecule has 0 aromatic heterocycles. The molecule has 0 amide bonds. The van der Waals surface area contributed by atoms with Gasteiger partial charge in [-0.1, -0.05) is 6.58 Å². The molecule has 0 aliphatic heterocycles. The van der Waals surface area contributed by atoms with Crippen LogP contribution < -0.4 is 4.18 Å². The molecule has 1 aromatic rings. The highest BCUT2D eigenvalue weighted by atomic mass is 32.2. The van der Waals surface area contributed by atoms with Gasteiger partial charge in [-0.3, -0.25) is 4.79 Å². The maximum Gasteiger partial charge on any atom is 0.337 e. The predicted octanol–water partition coefficient (Wildman–Crippen LogP) is 1.92. The van der Waals surface area contributed by atoms with Crippen LogP contribution in [0.1, 0.15) is 33.6 Å². The summed E-state index contributed by atoms with van der Waals surface area (Å²) in [6.45, 7) is 3.14. The van der Waals surface area contributed by atoms with Gasteiger partial charge < -0.3 is 8.92 Å². The summed E-state index contributed by atoms with van der Waals surface area (Å²) in [6, 6.07) is 3.90. The second kappa shape index (κ2) is 5.69. The van der Waals surface area contributed by atoms with Crippen molar-refractivity contribution in [2.45, 2.75) is 12.8 Å². The molecule has 0 spiro atoms. The van der Waals surface area contributed by atoms with Crippen LogP contribution in [-0.4, -0.2) is 27.3 Å². The van der Waals surface area contributed by atoms with Gasteiger partial charge >= 0.3 is 16.1 Å². The van der Waals surface area contributed by atoms with Crippen molar-refractivity contribution in [3.8, 4) is 5.75 Å². The highest BCUT2D eigenvalue weighted by Crippen LogP contribution is 2.36. The van der Waals surface area contributed by atoms with Gasteiger partial charge in [0, 0.05) is 5.92 Å². The number of hydrogen-bond acceptors (Lipinski definition) is 6. The lowest BCUT2D eigenvalue weighted by atomic mass is 10.0. The van der Waals surface area contributed by atoms with Crippen molar-refractivity contribution >= 4 is 21.9 Å². The summed E-state index contributed by atoms with van der Waals surface area (Å²) in [5.74, 6) is -1.11. The largest absolute Gasteiger partial charge is 0.465 e. The van der Waals surface area contributed by atoms with Crippen LogP contribution in [0.4, 0.5) is 0 Å². The molecule has 7 heteroatoms. The zero-order valence-electron chi connectivity index (χ0n) is 11.4. The number of benzene rings is 1. The van der Waals surface area contributed by atoms with Crippen LogP contribution >= 0.6 is 0 Å². The molecule has 0 heterocycles. The van der Waals surface area contributed by atoms with E-state index in [0.717, 1.165) is 12.8 Å². The second-order valence-corrected chi connectivity index (χ2v) is 6.07. The Morgan fingerprint density at radius 2 is 2.00 bits per heavy atom. The molecule has 0 N–H and O–H groups in total. The minimum Gasteiger partial charge on any atom is -0.465 e. The fraction of sp³-hybridized carbons (Fsp3) is 0.286. The molecule has 6 nitrogen and oxygen atoms in total. The van der Waals surface area contributed by atoms with Crippen molar-refractivity contribution in [3.05, 3.63) is 41.3 Å². The number of Topliss-reactive ketones (excluding diaryl/α,β-unsaturated/α-hetero) is 1. The first-order chi connectivity index (χ1) is 9.88. The third-order valence-electron chi connectivity index (χ3n) is 3.02. The molecule has 112 valence electrons. The Morgan fingerprint density at radius 1 is 1.33 bits per heavy atom. The van der Waals surface area contributed by atoms with Crippen molar-refractivity contribution in [1.82, 2.24) is 0 Å². The monoisotopic (exact) mass is 310 g/mol. The number of hydrogen-bond donors (Lipinski definition) is 0. The van der Waals surface area contributed by atoms with Crippen molar-refractivity contribution in [1.29, 1.82) is 0 Å². The number of rotatable bonds is 6. The van der Waals surface area contributed by atoms with E-state index in [1.165, 1.54) is 25.3 Å². The first-order valence-corrected chi connectivity index (χ1v) is 7.68. The zero-order valence-corrected chi connectivity index (χ0v) is 12.2. The van der Waals surface area contributed by atoms with E-state index in [9.17, 15) is 18.0 Å². The van der Waals surface area contributed by atoms with E-state index in [-0.39, 0.29) is 28.6 Å². The lowest BCUT2D eigenvalue weighted by Crippen LogP contribution is -2.12. The molecule has 2 rings (SSSR count). The second-order valence-electron chi connectivity index (χ2n) is 4.58. The van der Waals surface area contributed by atoms with Crippen molar-refractivity contribution in [2.75, 3.05) is 7.11 Å². The van der Waals surface area contributed by atoms with Gasteiger partial charge in [-0.25, -0.2) is 4.79 Å². The average Bonchev–Trinajstić information content (AvgIpc) is 3.30. The summed E-state index contributed by atoms with van der Waals surface area (Å²) in [4.78, 5) is 23.7. The van der Waals surface area contributed by atoms with Crippen LogP contribution in [0.15, 0.2) is 30.2 Å². The van der Waals surface area contributed by atoms with Gasteiger partial charge in [0.2, 0.25) is 0 Å². The molecule has 0 radical (unpaired) electrons. The number of ether oxygens (including phenoxy) is 1. The van der Waals surface area contributed by atoms with E-state index < -0.39 is 16.1 Å². The Hall–Kier alpha value is -2.15. The zero-order chi connectivity index (χ0) is 15.6. The van der Waals surface area contributed by atoms with E-state index in [0.29, 0.717) is 5.41 Å². The highest BCUT2D eigenvalue weighted by Gasteiger charge is 2.33. The highest BCUT2D eigenvalue weighted by molar-refractivity contribution is 7.90. The molecule has 1 aliphatic carbocycles. The van der Waals surface area contributed by atoms with Gasteiger partial charge in [-0.15, -0.1) is 0 Å². The molecule has 0 atom stereocenters. The Morgan fingerprint density at radius 3 is 2.52 bits per heavy atom. The number of methoxy groups -OCH3 is 1. The van der Waals surface area contributed by atoms with E-state index in [1.54, 1.807) is 0 Å². The van der Waals surface area contributed by atoms with Gasteiger partial charge in [0.15, 0.2) is 11.5 Å². The van der Waals surface area contributed by atoms with Gasteiger partial charge in [-0.2, -0.15) is 8.42 Å². The summed E-state index contributed by atoms with van der Waals surface area (Å²) < 4.78 is 32.3. The fourth-order valence-corrected chi connectivity index (χ4v) is 2.23. The molecule has 21 heavy (non-hydrogen) atoms. The number of carbonyl (C=O) groups excluding carboxylic acids is 2. The molecular weight excluding hydrogens is 296 g/mol. The quantitative estimate of drug-likeness (QED) is 0.453. The normalized spacial score (nSPS) is 14.3. The average molecular weight is 310 g/mol. The van der Waals surface area contributed by atoms with Crippen LogP contribution in [0.2, 0.25) is 0 Å². The fourth-order valence-electron chi connectivity index (χ4n) is 1.76. The van der Waals surface area contributed by atoms with Crippen LogP contribution in [0.25, 0.3) is 0 Å². The first-order valence-electron chi connectivity index (χ1n) is 6.21. The van der Waals surface area contributed by atoms with Crippen molar-refractivity contribution in [3.63, 3.8) is 0 Å². The number of ketones is 1. The summed E-state index contributed by atoms with van der Waals surface area (Å²) in [5.41, 5.74) is 0.218. The Balaban J connectivity index is 2.45. The van der Waals surface area contributed by atoms with Crippen molar-refractivity contribution < 1.29 is 26.9 Å². The summed E-state index contributed by atoms with van der Waals surface area (Å²) in [5, 5.41) is 0.645. The molecule has 1 saturated carbocycles. The molecule has 1 aromatic carbocycles. The standard InChI is InChI=1S/C14H14O6S/c1-3-21(17,18)20-12-7-6-10(14(16)19-2)8-11(12)13(15)9-4-5-9/h3,6-9H,1,4-5H2,2H3. The van der Waals surface area contributed by atoms with Gasteiger partial charge in [-0.05, 0) is 31.0 Å². The van der Waals surface area contributed by atoms with Gasteiger partial charge in [0.1, 0.15) is 0 Å². The maximum atomic E-state index is 12.2. The maximum absolute atomic E-state index is 12.2. The lowest BCUT2D eigenvalue weighted by Gasteiger charge is -2.10. The van der Waals surface area contributed by atoms with Crippen LogP contribution in [0.5, 0.6) is 5.75 Å². The molecule has 0 bridgehead atoms. The summed E-state index contributed by atoms with van der Waals surface area (Å²) >= 11 is 0. The molecule has 0 saturated heterocycles. The van der Waals surface area contributed by atoms with E-state index in [4.69, 9.17) is 4.18 Å². The van der Waals surface area contributed by atoms with Crippen LogP contribution in [0.3, 0.4) is 0 Å². The SMILES string of the molecule is C=CS(=O)(=O)Oc1ccc(C(=O)OC)cc1C(=O)C1CC1. The number of esters is 1. The Labute approximate surface area is 122 Å². The molecular formula is C14H14O6S. The summed E-state index contributed by atoms with van der Waals surface area (Å²) in [6.07, 6.45) is 1.49. The smallest absolute Gasteiger partial charge is 0.337 e. The van der Waals surface area contributed by atoms with Crippen LogP contribution in [0, 0.1) is 5.92 Å². The van der Waals surface area contributed by atoms with E-state index in [1.807, 2.05) is 0 Å². The van der Waals surface area contributed by atoms with Crippen molar-refractivity contribution in [2.24, 2.45) is 5.92 Å². The first kappa shape index (κ1) is 15.2. The lowest BCUT2D eigenvalue weighted by molar-refractivity contribution is 0.0600. The third-order valence-corrected chi connectivity index (χ3v) is 3.84. The van der Waals surface area contributed by atoms with Crippen LogP contribution in [-0.2, 0) is 14.9 Å². The van der Waals surface area contributed by atoms with Gasteiger partial charge in [0.05, 0.1) is 23.6 Å². The molecule has 1 aliphatic rings. The summed E-state index contributed by atoms with van der Waals surface area (Å²) in [7, 11) is -2.76. The van der Waals surface area contributed by atoms with Gasteiger partial charge in [0.25, 0.3) is 0 Å². The predicted molar refractivity (Wildman–Crippen MR) is 74.6 cm³/mol. The Kier molecular flexibility index (Phi) is 4.13. The minimum absolute atomic E-state index is 0.0609. The Bertz CT molecular complexity index is 700. The third kappa shape index (κ3) is 3.49. The van der Waals surface area contributed by atoms with E-state index >= 15 is 0 Å².